The fourth-order valence-corrected chi connectivity index (χ4v) is 3.58. The predicted octanol–water partition coefficient (Wildman–Crippen LogP) is -0.447. The summed E-state index contributed by atoms with van der Waals surface area (Å²) in [5, 5.41) is 18.7. The van der Waals surface area contributed by atoms with E-state index in [9.17, 15) is 18.6 Å². The zero-order valence-corrected chi connectivity index (χ0v) is 8.50. The highest BCUT2D eigenvalue weighted by Crippen LogP contribution is 2.24. The molecule has 0 aromatic carbocycles. The lowest BCUT2D eigenvalue weighted by atomic mass is 9.98. The van der Waals surface area contributed by atoms with Crippen molar-refractivity contribution in [2.24, 2.45) is 5.92 Å². The molecule has 1 aliphatic rings. The van der Waals surface area contributed by atoms with Gasteiger partial charge >= 0.3 is 0 Å². The molecule has 0 amide bonds. The van der Waals surface area contributed by atoms with Gasteiger partial charge in [-0.3, -0.25) is 0 Å². The lowest BCUT2D eigenvalue weighted by molar-refractivity contribution is 0.0878. The molecule has 1 rings (SSSR count). The summed E-state index contributed by atoms with van der Waals surface area (Å²) in [7, 11) is -3.06. The highest BCUT2D eigenvalue weighted by Gasteiger charge is 2.36. The van der Waals surface area contributed by atoms with Crippen molar-refractivity contribution in [3.05, 3.63) is 0 Å². The van der Waals surface area contributed by atoms with Gasteiger partial charge in [-0.2, -0.15) is 0 Å². The van der Waals surface area contributed by atoms with E-state index in [0.29, 0.717) is 12.8 Å². The summed E-state index contributed by atoms with van der Waals surface area (Å²) >= 11 is 0. The summed E-state index contributed by atoms with van der Waals surface area (Å²) < 4.78 is 22.2. The largest absolute Gasteiger partial charge is 0.393 e. The number of rotatable bonds is 3. The van der Waals surface area contributed by atoms with Gasteiger partial charge in [0.1, 0.15) is 0 Å². The minimum atomic E-state index is -3.06. The minimum Gasteiger partial charge on any atom is -0.393 e. The van der Waals surface area contributed by atoms with Gasteiger partial charge in [-0.05, 0) is 12.8 Å². The van der Waals surface area contributed by atoms with Crippen LogP contribution in [0.1, 0.15) is 19.8 Å². The minimum absolute atomic E-state index is 0.0191. The molecule has 0 aliphatic carbocycles. The average Bonchev–Trinajstić information content (AvgIpc) is 2.24. The molecule has 1 fully saturated rings. The number of hydrogen-bond acceptors (Lipinski definition) is 4. The lowest BCUT2D eigenvalue weighted by Gasteiger charge is -2.15. The predicted molar refractivity (Wildman–Crippen MR) is 49.1 cm³/mol. The second-order valence-electron chi connectivity index (χ2n) is 3.70. The summed E-state index contributed by atoms with van der Waals surface area (Å²) in [6, 6.07) is 0. The summed E-state index contributed by atoms with van der Waals surface area (Å²) in [6.07, 6.45) is -0.292. The molecular weight excluding hydrogens is 192 g/mol. The summed E-state index contributed by atoms with van der Waals surface area (Å²) in [4.78, 5) is 0. The maximum absolute atomic E-state index is 11.1. The van der Waals surface area contributed by atoms with Crippen molar-refractivity contribution < 1.29 is 18.6 Å². The first-order valence-corrected chi connectivity index (χ1v) is 6.33. The maximum Gasteiger partial charge on any atom is 0.153 e. The summed E-state index contributed by atoms with van der Waals surface area (Å²) in [6.45, 7) is 1.83. The number of aliphatic hydroxyl groups is 2. The maximum atomic E-state index is 11.1. The van der Waals surface area contributed by atoms with Crippen LogP contribution in [0.4, 0.5) is 0 Å². The molecule has 3 atom stereocenters. The van der Waals surface area contributed by atoms with E-state index in [1.807, 2.05) is 6.92 Å². The first kappa shape index (κ1) is 10.9. The third-order valence-corrected chi connectivity index (χ3v) is 4.27. The van der Waals surface area contributed by atoms with Crippen LogP contribution in [0.15, 0.2) is 0 Å². The van der Waals surface area contributed by atoms with Gasteiger partial charge < -0.3 is 10.2 Å². The van der Waals surface area contributed by atoms with Crippen molar-refractivity contribution in [3.8, 4) is 0 Å². The quantitative estimate of drug-likeness (QED) is 0.659. The van der Waals surface area contributed by atoms with E-state index in [4.69, 9.17) is 0 Å². The van der Waals surface area contributed by atoms with Crippen molar-refractivity contribution >= 4 is 9.84 Å². The Morgan fingerprint density at radius 1 is 1.46 bits per heavy atom. The SMILES string of the molecule is CCC(O)CC1CS(=O)(=O)CC1O. The third kappa shape index (κ3) is 2.93. The molecule has 0 bridgehead atoms. The first-order valence-electron chi connectivity index (χ1n) is 4.51. The van der Waals surface area contributed by atoms with Crippen LogP contribution >= 0.6 is 0 Å². The van der Waals surface area contributed by atoms with Gasteiger partial charge in [0.15, 0.2) is 9.84 Å². The molecule has 1 heterocycles. The molecule has 1 aliphatic heterocycles. The molecule has 2 N–H and O–H groups in total. The normalized spacial score (nSPS) is 34.7. The standard InChI is InChI=1S/C8H16O4S/c1-2-7(9)3-6-4-13(11,12)5-8(6)10/h6-10H,2-5H2,1H3. The smallest absolute Gasteiger partial charge is 0.153 e. The van der Waals surface area contributed by atoms with Gasteiger partial charge in [0.05, 0.1) is 23.7 Å². The van der Waals surface area contributed by atoms with Gasteiger partial charge in [-0.1, -0.05) is 6.92 Å². The Morgan fingerprint density at radius 3 is 2.46 bits per heavy atom. The first-order chi connectivity index (χ1) is 5.94. The van der Waals surface area contributed by atoms with Crippen molar-refractivity contribution in [3.63, 3.8) is 0 Å². The van der Waals surface area contributed by atoms with Crippen LogP contribution in [0.25, 0.3) is 0 Å². The number of aliphatic hydroxyl groups excluding tert-OH is 2. The molecule has 0 radical (unpaired) electrons. The Hall–Kier alpha value is -0.130. The molecular formula is C8H16O4S. The number of sulfone groups is 1. The fraction of sp³-hybridized carbons (Fsp3) is 1.00. The van der Waals surface area contributed by atoms with E-state index in [0.717, 1.165) is 0 Å². The van der Waals surface area contributed by atoms with Crippen LogP contribution in [0.3, 0.4) is 0 Å². The van der Waals surface area contributed by atoms with Crippen molar-refractivity contribution in [1.29, 1.82) is 0 Å². The van der Waals surface area contributed by atoms with Crippen LogP contribution in [0.5, 0.6) is 0 Å². The monoisotopic (exact) mass is 208 g/mol. The highest BCUT2D eigenvalue weighted by atomic mass is 32.2. The summed E-state index contributed by atoms with van der Waals surface area (Å²) in [5.74, 6) is -0.403. The topological polar surface area (TPSA) is 74.6 Å². The molecule has 1 saturated heterocycles. The van der Waals surface area contributed by atoms with Crippen LogP contribution in [-0.4, -0.2) is 42.3 Å². The lowest BCUT2D eigenvalue weighted by Crippen LogP contribution is -2.22. The van der Waals surface area contributed by atoms with E-state index >= 15 is 0 Å². The van der Waals surface area contributed by atoms with E-state index in [-0.39, 0.29) is 17.4 Å². The molecule has 5 heteroatoms. The average molecular weight is 208 g/mol. The summed E-state index contributed by atoms with van der Waals surface area (Å²) in [5.41, 5.74) is 0. The molecule has 3 unspecified atom stereocenters. The van der Waals surface area contributed by atoms with E-state index in [2.05, 4.69) is 0 Å². The highest BCUT2D eigenvalue weighted by molar-refractivity contribution is 7.91. The molecule has 0 aromatic heterocycles. The molecule has 0 aromatic rings. The zero-order chi connectivity index (χ0) is 10.1. The molecule has 4 nitrogen and oxygen atoms in total. The van der Waals surface area contributed by atoms with Crippen molar-refractivity contribution in [1.82, 2.24) is 0 Å². The van der Waals surface area contributed by atoms with Gasteiger partial charge in [0.2, 0.25) is 0 Å². The second-order valence-corrected chi connectivity index (χ2v) is 5.86. The van der Waals surface area contributed by atoms with E-state index in [1.165, 1.54) is 0 Å². The van der Waals surface area contributed by atoms with E-state index < -0.39 is 22.0 Å². The van der Waals surface area contributed by atoms with Crippen LogP contribution in [0, 0.1) is 5.92 Å². The van der Waals surface area contributed by atoms with Crippen LogP contribution < -0.4 is 0 Å². The third-order valence-electron chi connectivity index (χ3n) is 2.48. The fourth-order valence-electron chi connectivity index (χ4n) is 1.64. The Bertz CT molecular complexity index is 259. The molecule has 78 valence electrons. The van der Waals surface area contributed by atoms with Gasteiger partial charge in [0.25, 0.3) is 0 Å². The Labute approximate surface area is 78.5 Å². The van der Waals surface area contributed by atoms with Crippen molar-refractivity contribution in [2.75, 3.05) is 11.5 Å². The van der Waals surface area contributed by atoms with Crippen LogP contribution in [-0.2, 0) is 9.84 Å². The molecule has 13 heavy (non-hydrogen) atoms. The van der Waals surface area contributed by atoms with Crippen molar-refractivity contribution in [2.45, 2.75) is 32.0 Å². The van der Waals surface area contributed by atoms with Crippen LogP contribution in [0.2, 0.25) is 0 Å². The Morgan fingerprint density at radius 2 is 2.08 bits per heavy atom. The molecule has 0 spiro atoms. The Kier molecular flexibility index (Phi) is 3.32. The number of hydrogen-bond donors (Lipinski definition) is 2. The van der Waals surface area contributed by atoms with Gasteiger partial charge in [0, 0.05) is 5.92 Å². The second kappa shape index (κ2) is 3.94. The van der Waals surface area contributed by atoms with Gasteiger partial charge in [-0.15, -0.1) is 0 Å². The van der Waals surface area contributed by atoms with E-state index in [1.54, 1.807) is 0 Å². The molecule has 0 saturated carbocycles. The zero-order valence-electron chi connectivity index (χ0n) is 7.68. The van der Waals surface area contributed by atoms with Gasteiger partial charge in [-0.25, -0.2) is 8.42 Å². The Balaban J connectivity index is 2.53.